The molecule has 2 aromatic carbocycles. The van der Waals surface area contributed by atoms with Crippen molar-refractivity contribution in [3.63, 3.8) is 0 Å². The third-order valence-corrected chi connectivity index (χ3v) is 10.1. The Morgan fingerprint density at radius 3 is 2.50 bits per heavy atom. The average Bonchev–Trinajstić information content (AvgIpc) is 2.97. The first-order chi connectivity index (χ1) is 20.1. The van der Waals surface area contributed by atoms with Crippen LogP contribution in [-0.4, -0.2) is 36.2 Å². The maximum absolute atomic E-state index is 14.5. The molecule has 5 rings (SSSR count). The fourth-order valence-corrected chi connectivity index (χ4v) is 7.29. The van der Waals surface area contributed by atoms with Gasteiger partial charge in [-0.25, -0.2) is 21.6 Å². The zero-order valence-electron chi connectivity index (χ0n) is 23.1. The molecule has 1 saturated heterocycles. The number of aromatic nitrogens is 1. The topological polar surface area (TPSA) is 94.4 Å². The highest BCUT2D eigenvalue weighted by molar-refractivity contribution is 7.89. The van der Waals surface area contributed by atoms with E-state index in [0.717, 1.165) is 34.8 Å². The van der Waals surface area contributed by atoms with Gasteiger partial charge in [-0.2, -0.15) is 9.57 Å². The molecule has 0 unspecified atom stereocenters. The normalized spacial score (nSPS) is 18.0. The van der Waals surface area contributed by atoms with Gasteiger partial charge in [0.15, 0.2) is 0 Å². The third kappa shape index (κ3) is 5.92. The molecule has 42 heavy (non-hydrogen) atoms. The first-order valence-corrected chi connectivity index (χ1v) is 15.4. The highest BCUT2D eigenvalue weighted by Gasteiger charge is 2.45. The minimum Gasteiger partial charge on any atom is -0.305 e. The second kappa shape index (κ2) is 12.2. The lowest BCUT2D eigenvalue weighted by Crippen LogP contribution is -2.59. The number of benzene rings is 2. The van der Waals surface area contributed by atoms with E-state index in [0.29, 0.717) is 11.6 Å². The number of halogens is 3. The van der Waals surface area contributed by atoms with Crippen LogP contribution in [0.5, 0.6) is 0 Å². The number of anilines is 1. The molecule has 2 aliphatic rings. The summed E-state index contributed by atoms with van der Waals surface area (Å²) in [5, 5.41) is 9.33. The maximum atomic E-state index is 14.5. The van der Waals surface area contributed by atoms with Crippen molar-refractivity contribution in [2.45, 2.75) is 75.3 Å². The molecule has 1 aliphatic heterocycles. The molecule has 2 fully saturated rings. The lowest BCUT2D eigenvalue weighted by Gasteiger charge is -2.41. The molecule has 1 saturated carbocycles. The van der Waals surface area contributed by atoms with Gasteiger partial charge in [-0.05, 0) is 68.0 Å². The summed E-state index contributed by atoms with van der Waals surface area (Å²) in [7, 11) is -4.34. The summed E-state index contributed by atoms with van der Waals surface area (Å²) >= 11 is 0. The standard InChI is InChI=1S/C31H31F3N4O3S/c1-20-24(17-35)15-27(16-28(20)32)42(40,41)38-13-12-29(38)31(39)37(26-9-5-8-22(14-26)30(33)34)19-25-11-10-23(18-36-25)21-6-3-2-4-7-21/h5,8-11,14-16,18,21,29-30H,2-4,6-7,12-13,19H2,1H3/t29-/m1/s1. The van der Waals surface area contributed by atoms with Crippen molar-refractivity contribution < 1.29 is 26.4 Å². The molecule has 1 aliphatic carbocycles. The summed E-state index contributed by atoms with van der Waals surface area (Å²) in [6, 6.07) is 11.8. The SMILES string of the molecule is Cc1c(F)cc(S(=O)(=O)N2CC[C@@H]2C(=O)N(Cc2ccc(C3CCCCC3)cn2)c2cccc(C(F)F)c2)cc1C#N. The van der Waals surface area contributed by atoms with Crippen LogP contribution in [0, 0.1) is 24.1 Å². The Hall–Kier alpha value is -3.75. The summed E-state index contributed by atoms with van der Waals surface area (Å²) in [5.74, 6) is -1.02. The van der Waals surface area contributed by atoms with Gasteiger partial charge in [-0.3, -0.25) is 9.78 Å². The Bertz CT molecular complexity index is 1620. The van der Waals surface area contributed by atoms with Gasteiger partial charge in [-0.1, -0.05) is 37.5 Å². The molecule has 0 bridgehead atoms. The number of sulfonamides is 1. The molecule has 1 atom stereocenters. The zero-order chi connectivity index (χ0) is 30.0. The zero-order valence-corrected chi connectivity index (χ0v) is 24.0. The number of nitrogens with zero attached hydrogens (tertiary/aromatic N) is 4. The molecule has 7 nitrogen and oxygen atoms in total. The monoisotopic (exact) mass is 596 g/mol. The van der Waals surface area contributed by atoms with E-state index in [1.165, 1.54) is 55.4 Å². The molecule has 3 aromatic rings. The van der Waals surface area contributed by atoms with Crippen LogP contribution in [0.4, 0.5) is 18.9 Å². The van der Waals surface area contributed by atoms with Gasteiger partial charge >= 0.3 is 0 Å². The molecule has 0 spiro atoms. The molecule has 0 radical (unpaired) electrons. The van der Waals surface area contributed by atoms with Crippen molar-refractivity contribution >= 4 is 21.6 Å². The van der Waals surface area contributed by atoms with Gasteiger partial charge in [0.1, 0.15) is 11.9 Å². The van der Waals surface area contributed by atoms with Gasteiger partial charge in [0, 0.05) is 29.6 Å². The van der Waals surface area contributed by atoms with E-state index in [-0.39, 0.29) is 41.9 Å². The Balaban J connectivity index is 1.45. The lowest BCUT2D eigenvalue weighted by molar-refractivity contribution is -0.125. The van der Waals surface area contributed by atoms with E-state index in [4.69, 9.17) is 0 Å². The minimum absolute atomic E-state index is 0.00930. The van der Waals surface area contributed by atoms with Gasteiger partial charge in [0.2, 0.25) is 15.9 Å². The first-order valence-electron chi connectivity index (χ1n) is 14.0. The number of nitriles is 1. The number of rotatable bonds is 8. The van der Waals surface area contributed by atoms with Gasteiger partial charge < -0.3 is 4.90 Å². The van der Waals surface area contributed by atoms with Crippen molar-refractivity contribution in [1.82, 2.24) is 9.29 Å². The van der Waals surface area contributed by atoms with Crippen LogP contribution in [0.3, 0.4) is 0 Å². The molecule has 11 heteroatoms. The van der Waals surface area contributed by atoms with Crippen LogP contribution < -0.4 is 4.90 Å². The first kappa shape index (κ1) is 29.7. The van der Waals surface area contributed by atoms with Gasteiger partial charge in [0.25, 0.3) is 6.43 Å². The van der Waals surface area contributed by atoms with E-state index in [2.05, 4.69) is 4.98 Å². The van der Waals surface area contributed by atoms with Crippen molar-refractivity contribution in [2.75, 3.05) is 11.4 Å². The van der Waals surface area contributed by atoms with Crippen LogP contribution in [0.2, 0.25) is 0 Å². The number of carbonyl (C=O) groups excluding carboxylic acids is 1. The number of pyridine rings is 1. The lowest BCUT2D eigenvalue weighted by atomic mass is 9.85. The van der Waals surface area contributed by atoms with E-state index in [1.807, 2.05) is 12.1 Å². The predicted octanol–water partition coefficient (Wildman–Crippen LogP) is 6.38. The van der Waals surface area contributed by atoms with Crippen molar-refractivity contribution in [3.8, 4) is 6.07 Å². The number of amides is 1. The second-order valence-corrected chi connectivity index (χ2v) is 12.7. The highest BCUT2D eigenvalue weighted by atomic mass is 32.2. The molecule has 1 amide bonds. The number of carbonyl (C=O) groups is 1. The smallest absolute Gasteiger partial charge is 0.263 e. The fraction of sp³-hybridized carbons (Fsp3) is 0.387. The van der Waals surface area contributed by atoms with Crippen LogP contribution >= 0.6 is 0 Å². The summed E-state index contributed by atoms with van der Waals surface area (Å²) in [6.45, 7) is 1.33. The Kier molecular flexibility index (Phi) is 8.66. The second-order valence-electron chi connectivity index (χ2n) is 10.8. The molecular formula is C31H31F3N4O3S. The molecule has 220 valence electrons. The third-order valence-electron chi connectivity index (χ3n) is 8.24. The van der Waals surface area contributed by atoms with Gasteiger partial charge in [-0.15, -0.1) is 0 Å². The van der Waals surface area contributed by atoms with Crippen LogP contribution in [0.15, 0.2) is 59.6 Å². The summed E-state index contributed by atoms with van der Waals surface area (Å²) in [5.41, 5.74) is 1.47. The summed E-state index contributed by atoms with van der Waals surface area (Å²) < 4.78 is 69.5. The van der Waals surface area contributed by atoms with E-state index < -0.39 is 39.1 Å². The minimum atomic E-state index is -4.34. The van der Waals surface area contributed by atoms with Crippen molar-refractivity contribution in [3.05, 3.63) is 88.5 Å². The number of alkyl halides is 2. The highest BCUT2D eigenvalue weighted by Crippen LogP contribution is 2.34. The van der Waals surface area contributed by atoms with Crippen LogP contribution in [0.25, 0.3) is 0 Å². The number of hydrogen-bond acceptors (Lipinski definition) is 5. The molecular weight excluding hydrogens is 565 g/mol. The van der Waals surface area contributed by atoms with E-state index in [1.54, 1.807) is 12.3 Å². The number of hydrogen-bond donors (Lipinski definition) is 0. The quantitative estimate of drug-likeness (QED) is 0.301. The maximum Gasteiger partial charge on any atom is 0.263 e. The Morgan fingerprint density at radius 2 is 1.88 bits per heavy atom. The Morgan fingerprint density at radius 1 is 1.12 bits per heavy atom. The molecule has 2 heterocycles. The summed E-state index contributed by atoms with van der Waals surface area (Å²) in [4.78, 5) is 19.4. The molecule has 1 aromatic heterocycles. The van der Waals surface area contributed by atoms with E-state index in [9.17, 15) is 31.6 Å². The predicted molar refractivity (Wildman–Crippen MR) is 151 cm³/mol. The van der Waals surface area contributed by atoms with Crippen LogP contribution in [0.1, 0.15) is 78.8 Å². The van der Waals surface area contributed by atoms with Gasteiger partial charge in [0.05, 0.1) is 28.8 Å². The average molecular weight is 597 g/mol. The van der Waals surface area contributed by atoms with Crippen molar-refractivity contribution in [1.29, 1.82) is 5.26 Å². The van der Waals surface area contributed by atoms with Crippen molar-refractivity contribution in [2.24, 2.45) is 0 Å². The van der Waals surface area contributed by atoms with E-state index >= 15 is 0 Å². The molecule has 0 N–H and O–H groups in total. The van der Waals surface area contributed by atoms with Crippen LogP contribution in [-0.2, 0) is 21.4 Å². The Labute approximate surface area is 243 Å². The largest absolute Gasteiger partial charge is 0.305 e. The summed E-state index contributed by atoms with van der Waals surface area (Å²) in [6.07, 6.45) is 4.98. The fourth-order valence-electron chi connectivity index (χ4n) is 5.63.